The van der Waals surface area contributed by atoms with Crippen molar-refractivity contribution in [3.05, 3.63) is 24.3 Å². The molecule has 0 amide bonds. The van der Waals surface area contributed by atoms with E-state index in [4.69, 9.17) is 5.11 Å². The van der Waals surface area contributed by atoms with Crippen molar-refractivity contribution in [2.24, 2.45) is 0 Å². The van der Waals surface area contributed by atoms with Crippen LogP contribution in [0.5, 0.6) is 0 Å². The second-order valence-electron chi connectivity index (χ2n) is 4.24. The van der Waals surface area contributed by atoms with Crippen molar-refractivity contribution in [2.45, 2.75) is 64.7 Å². The van der Waals surface area contributed by atoms with Gasteiger partial charge in [-0.25, -0.2) is 0 Å². The van der Waals surface area contributed by atoms with Crippen molar-refractivity contribution >= 4 is 0 Å². The highest BCUT2D eigenvalue weighted by molar-refractivity contribution is 4.85. The maximum Gasteiger partial charge on any atom is 0.0431 e. The Bertz CT molecular complexity index is 170. The molecule has 0 heterocycles. The molecule has 1 nitrogen and oxygen atoms in total. The minimum Gasteiger partial charge on any atom is -0.396 e. The molecule has 0 radical (unpaired) electrons. The van der Waals surface area contributed by atoms with Crippen LogP contribution in [0, 0.1) is 0 Å². The summed E-state index contributed by atoms with van der Waals surface area (Å²) in [5, 5.41) is 8.60. The van der Waals surface area contributed by atoms with Gasteiger partial charge in [0.25, 0.3) is 0 Å². The summed E-state index contributed by atoms with van der Waals surface area (Å²) in [6.07, 6.45) is 19.8. The molecule has 0 saturated carbocycles. The Hall–Kier alpha value is -0.560. The van der Waals surface area contributed by atoms with Gasteiger partial charge in [-0.2, -0.15) is 0 Å². The van der Waals surface area contributed by atoms with Gasteiger partial charge in [-0.3, -0.25) is 0 Å². The van der Waals surface area contributed by atoms with Crippen LogP contribution in [0.15, 0.2) is 24.3 Å². The summed E-state index contributed by atoms with van der Waals surface area (Å²) >= 11 is 0. The molecule has 0 rings (SSSR count). The largest absolute Gasteiger partial charge is 0.396 e. The standard InChI is InChI=1S/C15H28O/c1-2-3-4-5-6-7-8-9-10-11-12-13-14-15-16/h5-6,10-11,16H,2-4,7-9,12-15H2,1H3/b6-5+,11-10-. The van der Waals surface area contributed by atoms with Crippen LogP contribution in [-0.4, -0.2) is 11.7 Å². The first-order valence-corrected chi connectivity index (χ1v) is 6.82. The fourth-order valence-corrected chi connectivity index (χ4v) is 1.52. The molecular weight excluding hydrogens is 196 g/mol. The molecule has 0 aliphatic heterocycles. The summed E-state index contributed by atoms with van der Waals surface area (Å²) in [4.78, 5) is 0. The second kappa shape index (κ2) is 14.4. The first-order chi connectivity index (χ1) is 7.91. The van der Waals surface area contributed by atoms with Crippen LogP contribution >= 0.6 is 0 Å². The predicted molar refractivity (Wildman–Crippen MR) is 72.6 cm³/mol. The third-order valence-corrected chi connectivity index (χ3v) is 2.58. The van der Waals surface area contributed by atoms with E-state index in [2.05, 4.69) is 31.2 Å². The number of allylic oxidation sites excluding steroid dienone is 4. The lowest BCUT2D eigenvalue weighted by molar-refractivity contribution is 0.285. The van der Waals surface area contributed by atoms with Crippen LogP contribution in [0.25, 0.3) is 0 Å². The summed E-state index contributed by atoms with van der Waals surface area (Å²) < 4.78 is 0. The van der Waals surface area contributed by atoms with Crippen molar-refractivity contribution in [3.8, 4) is 0 Å². The van der Waals surface area contributed by atoms with E-state index in [0.29, 0.717) is 6.61 Å². The summed E-state index contributed by atoms with van der Waals surface area (Å²) in [7, 11) is 0. The zero-order valence-electron chi connectivity index (χ0n) is 10.8. The Labute approximate surface area is 101 Å². The van der Waals surface area contributed by atoms with E-state index in [1.807, 2.05) is 0 Å². The fourth-order valence-electron chi connectivity index (χ4n) is 1.52. The zero-order chi connectivity index (χ0) is 11.9. The van der Waals surface area contributed by atoms with Gasteiger partial charge in [0.05, 0.1) is 0 Å². The Morgan fingerprint density at radius 2 is 1.19 bits per heavy atom. The Morgan fingerprint density at radius 1 is 0.688 bits per heavy atom. The van der Waals surface area contributed by atoms with Crippen molar-refractivity contribution in [1.82, 2.24) is 0 Å². The summed E-state index contributed by atoms with van der Waals surface area (Å²) in [6.45, 7) is 2.56. The average molecular weight is 224 g/mol. The number of aliphatic hydroxyl groups excluding tert-OH is 1. The molecule has 0 aromatic heterocycles. The molecule has 0 aliphatic carbocycles. The molecule has 0 spiro atoms. The molecular formula is C15H28O. The van der Waals surface area contributed by atoms with Gasteiger partial charge < -0.3 is 5.11 Å². The molecule has 16 heavy (non-hydrogen) atoms. The average Bonchev–Trinajstić information content (AvgIpc) is 2.31. The number of hydrogen-bond donors (Lipinski definition) is 1. The number of unbranched alkanes of at least 4 members (excludes halogenated alkanes) is 6. The van der Waals surface area contributed by atoms with Crippen molar-refractivity contribution in [3.63, 3.8) is 0 Å². The molecule has 0 fully saturated rings. The minimum absolute atomic E-state index is 0.330. The van der Waals surface area contributed by atoms with Crippen LogP contribution in [0.2, 0.25) is 0 Å². The highest BCUT2D eigenvalue weighted by Gasteiger charge is 1.84. The first-order valence-electron chi connectivity index (χ1n) is 6.82. The second-order valence-corrected chi connectivity index (χ2v) is 4.24. The lowest BCUT2D eigenvalue weighted by atomic mass is 10.1. The van der Waals surface area contributed by atoms with E-state index < -0.39 is 0 Å². The van der Waals surface area contributed by atoms with E-state index in [0.717, 1.165) is 19.3 Å². The molecule has 1 N–H and O–H groups in total. The van der Waals surface area contributed by atoms with E-state index in [1.54, 1.807) is 0 Å². The third-order valence-electron chi connectivity index (χ3n) is 2.58. The van der Waals surface area contributed by atoms with Gasteiger partial charge in [0.1, 0.15) is 0 Å². The van der Waals surface area contributed by atoms with E-state index in [9.17, 15) is 0 Å². The molecule has 0 aromatic carbocycles. The van der Waals surface area contributed by atoms with Gasteiger partial charge in [0, 0.05) is 6.61 Å². The van der Waals surface area contributed by atoms with E-state index >= 15 is 0 Å². The highest BCUT2D eigenvalue weighted by Crippen LogP contribution is 2.02. The molecule has 1 heteroatoms. The Kier molecular flexibility index (Phi) is 13.9. The number of rotatable bonds is 11. The summed E-state index contributed by atoms with van der Waals surface area (Å²) in [5.74, 6) is 0. The van der Waals surface area contributed by atoms with Crippen LogP contribution in [0.3, 0.4) is 0 Å². The smallest absolute Gasteiger partial charge is 0.0431 e. The zero-order valence-corrected chi connectivity index (χ0v) is 10.8. The molecule has 0 aliphatic rings. The highest BCUT2D eigenvalue weighted by atomic mass is 16.2. The monoisotopic (exact) mass is 224 g/mol. The molecule has 0 atom stereocenters. The predicted octanol–water partition coefficient (Wildman–Crippen LogP) is 4.62. The summed E-state index contributed by atoms with van der Waals surface area (Å²) in [6, 6.07) is 0. The quantitative estimate of drug-likeness (QED) is 0.401. The van der Waals surface area contributed by atoms with E-state index in [-0.39, 0.29) is 0 Å². The SMILES string of the molecule is CCCC/C=C/CCC/C=C\CCCCO. The van der Waals surface area contributed by atoms with Gasteiger partial charge >= 0.3 is 0 Å². The van der Waals surface area contributed by atoms with Gasteiger partial charge in [-0.15, -0.1) is 0 Å². The van der Waals surface area contributed by atoms with Gasteiger partial charge in [-0.1, -0.05) is 44.1 Å². The Morgan fingerprint density at radius 3 is 1.69 bits per heavy atom. The topological polar surface area (TPSA) is 20.2 Å². The number of hydrogen-bond acceptors (Lipinski definition) is 1. The normalized spacial score (nSPS) is 11.9. The molecule has 0 unspecified atom stereocenters. The molecule has 0 bridgehead atoms. The van der Waals surface area contributed by atoms with Gasteiger partial charge in [-0.05, 0) is 44.9 Å². The van der Waals surface area contributed by atoms with E-state index in [1.165, 1.54) is 38.5 Å². The fraction of sp³-hybridized carbons (Fsp3) is 0.733. The molecule has 0 aromatic rings. The molecule has 94 valence electrons. The maximum atomic E-state index is 8.60. The van der Waals surface area contributed by atoms with Crippen molar-refractivity contribution in [2.75, 3.05) is 6.61 Å². The van der Waals surface area contributed by atoms with Crippen LogP contribution in [0.1, 0.15) is 64.7 Å². The van der Waals surface area contributed by atoms with Gasteiger partial charge in [0.15, 0.2) is 0 Å². The van der Waals surface area contributed by atoms with Crippen LogP contribution in [0.4, 0.5) is 0 Å². The first kappa shape index (κ1) is 15.4. The number of aliphatic hydroxyl groups is 1. The van der Waals surface area contributed by atoms with Crippen molar-refractivity contribution < 1.29 is 5.11 Å². The van der Waals surface area contributed by atoms with Crippen molar-refractivity contribution in [1.29, 1.82) is 0 Å². The lowest BCUT2D eigenvalue weighted by Crippen LogP contribution is -1.80. The maximum absolute atomic E-state index is 8.60. The minimum atomic E-state index is 0.330. The van der Waals surface area contributed by atoms with Crippen LogP contribution < -0.4 is 0 Å². The molecule has 0 saturated heterocycles. The summed E-state index contributed by atoms with van der Waals surface area (Å²) in [5.41, 5.74) is 0. The lowest BCUT2D eigenvalue weighted by Gasteiger charge is -1.93. The van der Waals surface area contributed by atoms with Gasteiger partial charge in [0.2, 0.25) is 0 Å². The Balaban J connectivity index is 3.10. The van der Waals surface area contributed by atoms with Crippen LogP contribution in [-0.2, 0) is 0 Å². The third kappa shape index (κ3) is 13.4.